The molecule has 0 aliphatic rings. The van der Waals surface area contributed by atoms with Gasteiger partial charge in [-0.3, -0.25) is 9.59 Å². The maximum absolute atomic E-state index is 11.6. The molecule has 1 amide bonds. The van der Waals surface area contributed by atoms with Gasteiger partial charge >= 0.3 is 0 Å². The number of Topliss-reactive ketones (excluding diaryl/α,β-unsaturated/α-hetero) is 1. The number of likely N-dealkylation sites (N-methyl/N-ethyl adjacent to an activating group) is 1. The van der Waals surface area contributed by atoms with Crippen molar-refractivity contribution in [1.29, 1.82) is 0 Å². The summed E-state index contributed by atoms with van der Waals surface area (Å²) in [6.45, 7) is 7.83. The third kappa shape index (κ3) is 7.10. The molecule has 100 valence electrons. The summed E-state index contributed by atoms with van der Waals surface area (Å²) in [6, 6.07) is 0.0677. The second-order valence-corrected chi connectivity index (χ2v) is 5.00. The summed E-state index contributed by atoms with van der Waals surface area (Å²) in [4.78, 5) is 23.1. The fraction of sp³-hybridized carbons (Fsp3) is 0.846. The number of ketones is 1. The van der Waals surface area contributed by atoms with Gasteiger partial charge in [0.15, 0.2) is 0 Å². The van der Waals surface area contributed by atoms with Gasteiger partial charge in [0.1, 0.15) is 5.78 Å². The van der Waals surface area contributed by atoms with E-state index in [1.807, 2.05) is 27.7 Å². The normalized spacial score (nSPS) is 12.9. The van der Waals surface area contributed by atoms with Crippen molar-refractivity contribution in [2.75, 3.05) is 7.05 Å². The second kappa shape index (κ2) is 8.23. The van der Waals surface area contributed by atoms with Crippen LogP contribution >= 0.6 is 0 Å². The molecule has 0 aliphatic heterocycles. The minimum atomic E-state index is -0.194. The highest BCUT2D eigenvalue weighted by Gasteiger charge is 2.18. The Morgan fingerprint density at radius 2 is 1.71 bits per heavy atom. The highest BCUT2D eigenvalue weighted by molar-refractivity contribution is 5.82. The first-order valence-electron chi connectivity index (χ1n) is 6.38. The maximum atomic E-state index is 11.6. The fourth-order valence-corrected chi connectivity index (χ4v) is 1.64. The van der Waals surface area contributed by atoms with Crippen molar-refractivity contribution < 1.29 is 9.59 Å². The molecule has 0 aromatic carbocycles. The van der Waals surface area contributed by atoms with Gasteiger partial charge in [-0.15, -0.1) is 0 Å². The van der Waals surface area contributed by atoms with E-state index in [1.54, 1.807) is 7.05 Å². The minimum absolute atomic E-state index is 0.00399. The third-order valence-electron chi connectivity index (χ3n) is 2.66. The van der Waals surface area contributed by atoms with Crippen LogP contribution in [0.2, 0.25) is 0 Å². The van der Waals surface area contributed by atoms with Crippen molar-refractivity contribution in [2.45, 2.75) is 59.0 Å². The molecular weight excluding hydrogens is 216 g/mol. The molecular formula is C13H26N2O2. The molecule has 2 N–H and O–H groups in total. The zero-order valence-electron chi connectivity index (χ0n) is 11.7. The predicted molar refractivity (Wildman–Crippen MR) is 69.8 cm³/mol. The molecule has 0 radical (unpaired) electrons. The summed E-state index contributed by atoms with van der Waals surface area (Å²) in [5.41, 5.74) is 0. The van der Waals surface area contributed by atoms with E-state index in [1.165, 1.54) is 0 Å². The molecule has 4 heteroatoms. The molecule has 0 aliphatic carbocycles. The summed E-state index contributed by atoms with van der Waals surface area (Å²) >= 11 is 0. The van der Waals surface area contributed by atoms with Crippen molar-refractivity contribution in [3.05, 3.63) is 0 Å². The molecule has 0 saturated carbocycles. The molecule has 4 nitrogen and oxygen atoms in total. The second-order valence-electron chi connectivity index (χ2n) is 5.00. The Balaban J connectivity index is 4.08. The molecule has 0 saturated heterocycles. The summed E-state index contributed by atoms with van der Waals surface area (Å²) < 4.78 is 0. The van der Waals surface area contributed by atoms with E-state index in [0.29, 0.717) is 12.8 Å². The monoisotopic (exact) mass is 242 g/mol. The number of hydrogen-bond acceptors (Lipinski definition) is 3. The molecule has 17 heavy (non-hydrogen) atoms. The van der Waals surface area contributed by atoms with E-state index in [0.717, 1.165) is 6.42 Å². The van der Waals surface area contributed by atoms with Gasteiger partial charge in [-0.1, -0.05) is 27.7 Å². The predicted octanol–water partition coefficient (Wildman–Crippen LogP) is 1.49. The molecule has 0 aromatic heterocycles. The number of hydrogen-bond donors (Lipinski definition) is 2. The Bertz CT molecular complexity index is 250. The number of carbonyl (C=O) groups is 2. The first-order valence-corrected chi connectivity index (χ1v) is 6.38. The molecule has 0 unspecified atom stereocenters. The summed E-state index contributed by atoms with van der Waals surface area (Å²) in [5, 5.41) is 5.86. The van der Waals surface area contributed by atoms with Gasteiger partial charge in [0, 0.05) is 25.4 Å². The van der Waals surface area contributed by atoms with Crippen LogP contribution < -0.4 is 10.6 Å². The van der Waals surface area contributed by atoms with E-state index in [2.05, 4.69) is 10.6 Å². The SMILES string of the molecule is CNC(=O)[C@@H](CCCC(=O)C(C)C)NC(C)C. The average Bonchev–Trinajstić information content (AvgIpc) is 2.25. The van der Waals surface area contributed by atoms with E-state index in [-0.39, 0.29) is 29.7 Å². The van der Waals surface area contributed by atoms with Crippen LogP contribution in [0, 0.1) is 5.92 Å². The first-order chi connectivity index (χ1) is 7.88. The van der Waals surface area contributed by atoms with Crippen molar-refractivity contribution in [1.82, 2.24) is 10.6 Å². The number of nitrogens with one attached hydrogen (secondary N) is 2. The zero-order valence-corrected chi connectivity index (χ0v) is 11.7. The maximum Gasteiger partial charge on any atom is 0.236 e. The quantitative estimate of drug-likeness (QED) is 0.678. The number of rotatable bonds is 8. The van der Waals surface area contributed by atoms with Gasteiger partial charge in [0.2, 0.25) is 5.91 Å². The standard InChI is InChI=1S/C13H26N2O2/c1-9(2)12(16)8-6-7-11(13(17)14-5)15-10(3)4/h9-11,15H,6-8H2,1-5H3,(H,14,17)/t11-/m1/s1. The van der Waals surface area contributed by atoms with E-state index in [4.69, 9.17) is 0 Å². The molecule has 0 fully saturated rings. The molecule has 0 aromatic rings. The molecule has 1 atom stereocenters. The van der Waals surface area contributed by atoms with Gasteiger partial charge in [0.25, 0.3) is 0 Å². The van der Waals surface area contributed by atoms with Crippen LogP contribution in [0.3, 0.4) is 0 Å². The highest BCUT2D eigenvalue weighted by atomic mass is 16.2. The number of carbonyl (C=O) groups excluding carboxylic acids is 2. The van der Waals surface area contributed by atoms with Crippen molar-refractivity contribution in [2.24, 2.45) is 5.92 Å². The van der Waals surface area contributed by atoms with E-state index in [9.17, 15) is 9.59 Å². The zero-order chi connectivity index (χ0) is 13.4. The van der Waals surface area contributed by atoms with Gasteiger partial charge in [-0.2, -0.15) is 0 Å². The smallest absolute Gasteiger partial charge is 0.236 e. The van der Waals surface area contributed by atoms with E-state index < -0.39 is 0 Å². The van der Waals surface area contributed by atoms with E-state index >= 15 is 0 Å². The molecule has 0 rings (SSSR count). The van der Waals surface area contributed by atoms with Crippen LogP contribution in [0.5, 0.6) is 0 Å². The van der Waals surface area contributed by atoms with Crippen molar-refractivity contribution in [3.63, 3.8) is 0 Å². The Morgan fingerprint density at radius 3 is 2.12 bits per heavy atom. The van der Waals surface area contributed by atoms with Crippen LogP contribution in [0.4, 0.5) is 0 Å². The van der Waals surface area contributed by atoms with Crippen LogP contribution in [0.25, 0.3) is 0 Å². The van der Waals surface area contributed by atoms with Gasteiger partial charge in [-0.25, -0.2) is 0 Å². The third-order valence-corrected chi connectivity index (χ3v) is 2.66. The Labute approximate surface area is 105 Å². The van der Waals surface area contributed by atoms with Crippen LogP contribution in [0.15, 0.2) is 0 Å². The van der Waals surface area contributed by atoms with Gasteiger partial charge in [0.05, 0.1) is 6.04 Å². The van der Waals surface area contributed by atoms with Crippen molar-refractivity contribution in [3.8, 4) is 0 Å². The lowest BCUT2D eigenvalue weighted by atomic mass is 10.0. The van der Waals surface area contributed by atoms with Crippen LogP contribution in [0.1, 0.15) is 47.0 Å². The minimum Gasteiger partial charge on any atom is -0.358 e. The molecule has 0 bridgehead atoms. The summed E-state index contributed by atoms with van der Waals surface area (Å²) in [5.74, 6) is 0.354. The van der Waals surface area contributed by atoms with Crippen LogP contribution in [-0.2, 0) is 9.59 Å². The Morgan fingerprint density at radius 1 is 1.12 bits per heavy atom. The summed E-state index contributed by atoms with van der Waals surface area (Å²) in [6.07, 6.45) is 2.02. The topological polar surface area (TPSA) is 58.2 Å². The van der Waals surface area contributed by atoms with Gasteiger partial charge in [-0.05, 0) is 12.8 Å². The van der Waals surface area contributed by atoms with Crippen molar-refractivity contribution >= 4 is 11.7 Å². The number of amides is 1. The lowest BCUT2D eigenvalue weighted by Crippen LogP contribution is -2.45. The average molecular weight is 242 g/mol. The van der Waals surface area contributed by atoms with Crippen LogP contribution in [-0.4, -0.2) is 30.8 Å². The Kier molecular flexibility index (Phi) is 7.79. The lowest BCUT2D eigenvalue weighted by Gasteiger charge is -2.19. The lowest BCUT2D eigenvalue weighted by molar-refractivity contribution is -0.124. The fourth-order valence-electron chi connectivity index (χ4n) is 1.64. The highest BCUT2D eigenvalue weighted by Crippen LogP contribution is 2.07. The summed E-state index contributed by atoms with van der Waals surface area (Å²) in [7, 11) is 1.64. The Hall–Kier alpha value is -0.900. The first kappa shape index (κ1) is 16.1. The van der Waals surface area contributed by atoms with Gasteiger partial charge < -0.3 is 10.6 Å². The molecule has 0 spiro atoms. The molecule has 0 heterocycles. The largest absolute Gasteiger partial charge is 0.358 e.